The van der Waals surface area contributed by atoms with Crippen LogP contribution in [0.25, 0.3) is 0 Å². The first-order chi connectivity index (χ1) is 9.11. The van der Waals surface area contributed by atoms with Crippen molar-refractivity contribution in [2.24, 2.45) is 0 Å². The predicted octanol–water partition coefficient (Wildman–Crippen LogP) is 2.99. The Bertz CT molecular complexity index is 629. The fourth-order valence-corrected chi connectivity index (χ4v) is 1.79. The summed E-state index contributed by atoms with van der Waals surface area (Å²) in [7, 11) is 1.67. The molecule has 5 heteroatoms. The number of rotatable bonds is 2. The van der Waals surface area contributed by atoms with E-state index in [1.165, 1.54) is 4.90 Å². The van der Waals surface area contributed by atoms with E-state index >= 15 is 0 Å². The van der Waals surface area contributed by atoms with E-state index in [1.54, 1.807) is 49.6 Å². The molecule has 0 N–H and O–H groups in total. The molecule has 0 atom stereocenters. The third kappa shape index (κ3) is 2.98. The number of nitriles is 1. The fraction of sp³-hybridized carbons (Fsp3) is 0.0714. The molecule has 0 aliphatic carbocycles. The first kappa shape index (κ1) is 13.2. The van der Waals surface area contributed by atoms with Gasteiger partial charge < -0.3 is 4.90 Å². The fourth-order valence-electron chi connectivity index (χ4n) is 1.55. The molecule has 94 valence electrons. The van der Waals surface area contributed by atoms with Crippen LogP contribution in [0.4, 0.5) is 5.69 Å². The van der Waals surface area contributed by atoms with Gasteiger partial charge in [-0.1, -0.05) is 0 Å². The Hall–Kier alpha value is -2.19. The molecule has 2 aromatic rings. The van der Waals surface area contributed by atoms with Crippen molar-refractivity contribution >= 4 is 27.5 Å². The molecule has 0 fully saturated rings. The van der Waals surface area contributed by atoms with Crippen LogP contribution in [-0.2, 0) is 0 Å². The van der Waals surface area contributed by atoms with Crippen LogP contribution in [0.5, 0.6) is 0 Å². The molecule has 4 nitrogen and oxygen atoms in total. The third-order valence-electron chi connectivity index (χ3n) is 2.63. The van der Waals surface area contributed by atoms with E-state index < -0.39 is 0 Å². The maximum absolute atomic E-state index is 12.2. The minimum atomic E-state index is -0.197. The first-order valence-corrected chi connectivity index (χ1v) is 6.31. The summed E-state index contributed by atoms with van der Waals surface area (Å²) in [6.45, 7) is 0. The Labute approximate surface area is 119 Å². The molecule has 1 aromatic carbocycles. The highest BCUT2D eigenvalue weighted by Gasteiger charge is 2.14. The van der Waals surface area contributed by atoms with Crippen molar-refractivity contribution in [2.75, 3.05) is 11.9 Å². The summed E-state index contributed by atoms with van der Waals surface area (Å²) in [4.78, 5) is 17.8. The van der Waals surface area contributed by atoms with Gasteiger partial charge >= 0.3 is 0 Å². The zero-order valence-electron chi connectivity index (χ0n) is 10.2. The van der Waals surface area contributed by atoms with Crippen LogP contribution in [0.15, 0.2) is 47.1 Å². The molecule has 0 unspecified atom stereocenters. The highest BCUT2D eigenvalue weighted by atomic mass is 79.9. The van der Waals surface area contributed by atoms with Crippen LogP contribution in [0.1, 0.15) is 16.1 Å². The van der Waals surface area contributed by atoms with E-state index in [0.29, 0.717) is 16.9 Å². The quantitative estimate of drug-likeness (QED) is 0.856. The average Bonchev–Trinajstić information content (AvgIpc) is 2.46. The molecule has 1 aromatic heterocycles. The van der Waals surface area contributed by atoms with E-state index in [2.05, 4.69) is 20.9 Å². The topological polar surface area (TPSA) is 57.0 Å². The van der Waals surface area contributed by atoms with Gasteiger partial charge in [-0.2, -0.15) is 5.26 Å². The second-order valence-electron chi connectivity index (χ2n) is 3.88. The second-order valence-corrected chi connectivity index (χ2v) is 4.80. The molecule has 0 aliphatic heterocycles. The van der Waals surface area contributed by atoms with Gasteiger partial charge in [0.1, 0.15) is 5.69 Å². The highest BCUT2D eigenvalue weighted by molar-refractivity contribution is 9.10. The Balaban J connectivity index is 2.23. The summed E-state index contributed by atoms with van der Waals surface area (Å²) in [5.41, 5.74) is 1.65. The lowest BCUT2D eigenvalue weighted by Crippen LogP contribution is -2.26. The predicted molar refractivity (Wildman–Crippen MR) is 75.8 cm³/mol. The maximum Gasteiger partial charge on any atom is 0.276 e. The molecule has 19 heavy (non-hydrogen) atoms. The lowest BCUT2D eigenvalue weighted by Gasteiger charge is -2.16. The molecule has 0 saturated heterocycles. The van der Waals surface area contributed by atoms with Gasteiger partial charge in [0.05, 0.1) is 11.6 Å². The van der Waals surface area contributed by atoms with Gasteiger partial charge in [-0.3, -0.25) is 4.79 Å². The van der Waals surface area contributed by atoms with Gasteiger partial charge in [0.2, 0.25) is 0 Å². The average molecular weight is 316 g/mol. The number of aromatic nitrogens is 1. The number of amides is 1. The monoisotopic (exact) mass is 315 g/mol. The molecule has 0 spiro atoms. The van der Waals surface area contributed by atoms with E-state index in [9.17, 15) is 4.79 Å². The smallest absolute Gasteiger partial charge is 0.276 e. The number of hydrogen-bond acceptors (Lipinski definition) is 3. The number of anilines is 1. The minimum absolute atomic E-state index is 0.197. The molecule has 0 aliphatic rings. The minimum Gasteiger partial charge on any atom is -0.310 e. The number of nitrogens with zero attached hydrogens (tertiary/aromatic N) is 3. The zero-order valence-corrected chi connectivity index (χ0v) is 11.8. The van der Waals surface area contributed by atoms with Crippen LogP contribution >= 0.6 is 15.9 Å². The molecule has 1 heterocycles. The molecule has 1 amide bonds. The first-order valence-electron chi connectivity index (χ1n) is 5.51. The van der Waals surface area contributed by atoms with Gasteiger partial charge in [0.25, 0.3) is 5.91 Å². The van der Waals surface area contributed by atoms with Crippen molar-refractivity contribution in [3.8, 4) is 6.07 Å². The SMILES string of the molecule is CN(C(=O)c1ccc(Br)cn1)c1ccc(C#N)cc1. The van der Waals surface area contributed by atoms with Gasteiger partial charge in [-0.15, -0.1) is 0 Å². The van der Waals surface area contributed by atoms with Gasteiger partial charge in [0, 0.05) is 23.4 Å². The van der Waals surface area contributed by atoms with E-state index in [1.807, 2.05) is 6.07 Å². The van der Waals surface area contributed by atoms with Crippen LogP contribution in [0.2, 0.25) is 0 Å². The lowest BCUT2D eigenvalue weighted by atomic mass is 10.2. The van der Waals surface area contributed by atoms with Crippen molar-refractivity contribution in [1.82, 2.24) is 4.98 Å². The maximum atomic E-state index is 12.2. The van der Waals surface area contributed by atoms with Gasteiger partial charge in [0.15, 0.2) is 0 Å². The van der Waals surface area contributed by atoms with Crippen LogP contribution in [0.3, 0.4) is 0 Å². The van der Waals surface area contributed by atoms with Crippen molar-refractivity contribution in [1.29, 1.82) is 5.26 Å². The number of halogens is 1. The van der Waals surface area contributed by atoms with Crippen molar-refractivity contribution in [3.63, 3.8) is 0 Å². The summed E-state index contributed by atoms with van der Waals surface area (Å²) in [5.74, 6) is -0.197. The Kier molecular flexibility index (Phi) is 3.93. The molecular weight excluding hydrogens is 306 g/mol. The van der Waals surface area contributed by atoms with Crippen molar-refractivity contribution in [2.45, 2.75) is 0 Å². The zero-order chi connectivity index (χ0) is 13.8. The van der Waals surface area contributed by atoms with E-state index in [-0.39, 0.29) is 5.91 Å². The van der Waals surface area contributed by atoms with Gasteiger partial charge in [-0.25, -0.2) is 4.98 Å². The number of hydrogen-bond donors (Lipinski definition) is 0. The molecule has 0 bridgehead atoms. The summed E-state index contributed by atoms with van der Waals surface area (Å²) in [5, 5.41) is 8.74. The standard InChI is InChI=1S/C14H10BrN3O/c1-18(12-5-2-10(8-16)3-6-12)14(19)13-7-4-11(15)9-17-13/h2-7,9H,1H3. The number of benzene rings is 1. The van der Waals surface area contributed by atoms with Crippen molar-refractivity contribution < 1.29 is 4.79 Å². The van der Waals surface area contributed by atoms with Crippen LogP contribution in [-0.4, -0.2) is 17.9 Å². The highest BCUT2D eigenvalue weighted by Crippen LogP contribution is 2.16. The number of carbonyl (C=O) groups is 1. The largest absolute Gasteiger partial charge is 0.310 e. The van der Waals surface area contributed by atoms with Crippen LogP contribution in [0, 0.1) is 11.3 Å². The third-order valence-corrected chi connectivity index (χ3v) is 3.10. The summed E-state index contributed by atoms with van der Waals surface area (Å²) in [6, 6.07) is 12.3. The molecule has 0 radical (unpaired) electrons. The van der Waals surface area contributed by atoms with Crippen LogP contribution < -0.4 is 4.90 Å². The second kappa shape index (κ2) is 5.63. The number of carbonyl (C=O) groups excluding carboxylic acids is 1. The normalized spacial score (nSPS) is 9.74. The van der Waals surface area contributed by atoms with Crippen molar-refractivity contribution in [3.05, 3.63) is 58.3 Å². The Morgan fingerprint density at radius 1 is 1.26 bits per heavy atom. The summed E-state index contributed by atoms with van der Waals surface area (Å²) < 4.78 is 0.824. The Morgan fingerprint density at radius 2 is 1.95 bits per heavy atom. The molecule has 0 saturated carbocycles. The van der Waals surface area contributed by atoms with E-state index in [0.717, 1.165) is 4.47 Å². The summed E-state index contributed by atoms with van der Waals surface area (Å²) in [6.07, 6.45) is 1.58. The van der Waals surface area contributed by atoms with Gasteiger partial charge in [-0.05, 0) is 52.3 Å². The molecular formula is C14H10BrN3O. The number of pyridine rings is 1. The lowest BCUT2D eigenvalue weighted by molar-refractivity contribution is 0.0988. The molecule has 2 rings (SSSR count). The van der Waals surface area contributed by atoms with E-state index in [4.69, 9.17) is 5.26 Å². The summed E-state index contributed by atoms with van der Waals surface area (Å²) >= 11 is 3.27. The Morgan fingerprint density at radius 3 is 2.47 bits per heavy atom.